The van der Waals surface area contributed by atoms with E-state index in [4.69, 9.17) is 0 Å². The van der Waals surface area contributed by atoms with Crippen LogP contribution in [0.15, 0.2) is 70.0 Å². The highest BCUT2D eigenvalue weighted by Crippen LogP contribution is 2.28. The van der Waals surface area contributed by atoms with Crippen LogP contribution in [-0.2, 0) is 10.0 Å². The molecule has 0 aliphatic carbocycles. The van der Waals surface area contributed by atoms with Crippen LogP contribution in [0.25, 0.3) is 11.1 Å². The zero-order valence-electron chi connectivity index (χ0n) is 13.7. The third-order valence-corrected chi connectivity index (χ3v) is 6.15. The molecule has 3 rings (SSSR count). The molecule has 134 valence electrons. The number of hydrogen-bond donors (Lipinski definition) is 2. The van der Waals surface area contributed by atoms with E-state index in [-0.39, 0.29) is 11.3 Å². The van der Waals surface area contributed by atoms with Crippen LogP contribution in [0.2, 0.25) is 0 Å². The molecule has 0 saturated heterocycles. The molecule has 0 atom stereocenters. The molecule has 0 fully saturated rings. The number of aromatic hydroxyl groups is 1. The Morgan fingerprint density at radius 3 is 2.35 bits per heavy atom. The first kappa shape index (κ1) is 18.4. The fraction of sp³-hybridized carbons (Fsp3) is 0.0526. The molecule has 0 unspecified atom stereocenters. The van der Waals surface area contributed by atoms with E-state index in [2.05, 4.69) is 20.7 Å². The lowest BCUT2D eigenvalue weighted by Gasteiger charge is -2.11. The second-order valence-corrected chi connectivity index (χ2v) is 8.22. The lowest BCUT2D eigenvalue weighted by Crippen LogP contribution is -2.15. The van der Waals surface area contributed by atoms with Gasteiger partial charge in [-0.25, -0.2) is 12.8 Å². The van der Waals surface area contributed by atoms with Gasteiger partial charge in [-0.2, -0.15) is 0 Å². The molecule has 3 aromatic carbocycles. The number of benzene rings is 3. The van der Waals surface area contributed by atoms with Crippen LogP contribution >= 0.6 is 15.9 Å². The Balaban J connectivity index is 1.88. The van der Waals surface area contributed by atoms with E-state index in [0.717, 1.165) is 11.1 Å². The number of hydrogen-bond acceptors (Lipinski definition) is 3. The Kier molecular flexibility index (Phi) is 5.02. The summed E-state index contributed by atoms with van der Waals surface area (Å²) in [4.78, 5) is -0.407. The van der Waals surface area contributed by atoms with Gasteiger partial charge in [-0.15, -0.1) is 0 Å². The van der Waals surface area contributed by atoms with Crippen molar-refractivity contribution in [3.05, 3.63) is 76.5 Å². The van der Waals surface area contributed by atoms with E-state index >= 15 is 0 Å². The zero-order valence-corrected chi connectivity index (χ0v) is 16.1. The molecule has 0 aromatic heterocycles. The highest BCUT2D eigenvalue weighted by Gasteiger charge is 2.21. The molecular formula is C19H15BrFNO3S. The molecule has 26 heavy (non-hydrogen) atoms. The lowest BCUT2D eigenvalue weighted by atomic mass is 10.1. The summed E-state index contributed by atoms with van der Waals surface area (Å²) in [6.07, 6.45) is 0. The predicted octanol–water partition coefficient (Wildman–Crippen LogP) is 5.07. The van der Waals surface area contributed by atoms with Crippen molar-refractivity contribution in [1.29, 1.82) is 0 Å². The van der Waals surface area contributed by atoms with Gasteiger partial charge in [-0.3, -0.25) is 4.72 Å². The molecule has 2 N–H and O–H groups in total. The van der Waals surface area contributed by atoms with Gasteiger partial charge in [0.25, 0.3) is 10.0 Å². The van der Waals surface area contributed by atoms with Gasteiger partial charge in [0.2, 0.25) is 0 Å². The molecule has 4 nitrogen and oxygen atoms in total. The number of phenolic OH excluding ortho intramolecular Hbond substituents is 1. The van der Waals surface area contributed by atoms with Crippen molar-refractivity contribution in [1.82, 2.24) is 0 Å². The van der Waals surface area contributed by atoms with Gasteiger partial charge in [-0.05, 0) is 54.4 Å². The summed E-state index contributed by atoms with van der Waals surface area (Å²) < 4.78 is 42.2. The average molecular weight is 436 g/mol. The van der Waals surface area contributed by atoms with Crippen molar-refractivity contribution >= 4 is 31.6 Å². The lowest BCUT2D eigenvalue weighted by molar-refractivity contribution is 0.475. The number of rotatable bonds is 4. The second kappa shape index (κ2) is 7.09. The van der Waals surface area contributed by atoms with E-state index in [9.17, 15) is 17.9 Å². The van der Waals surface area contributed by atoms with Crippen molar-refractivity contribution in [2.45, 2.75) is 11.8 Å². The molecule has 0 spiro atoms. The Bertz CT molecular complexity index is 1070. The van der Waals surface area contributed by atoms with Gasteiger partial charge in [0.1, 0.15) is 16.5 Å². The molecule has 0 radical (unpaired) electrons. The normalized spacial score (nSPS) is 11.3. The summed E-state index contributed by atoms with van der Waals surface area (Å²) in [6.45, 7) is 1.50. The van der Waals surface area contributed by atoms with Gasteiger partial charge >= 0.3 is 0 Å². The van der Waals surface area contributed by atoms with Crippen LogP contribution in [0.3, 0.4) is 0 Å². The van der Waals surface area contributed by atoms with Crippen LogP contribution in [0, 0.1) is 12.7 Å². The number of anilines is 1. The minimum absolute atomic E-state index is 0.147. The van der Waals surface area contributed by atoms with Crippen molar-refractivity contribution in [2.75, 3.05) is 4.72 Å². The van der Waals surface area contributed by atoms with Crippen LogP contribution in [0.1, 0.15) is 5.56 Å². The van der Waals surface area contributed by atoms with Crippen LogP contribution < -0.4 is 4.72 Å². The Morgan fingerprint density at radius 2 is 1.69 bits per heavy atom. The smallest absolute Gasteiger partial charge is 0.264 e. The van der Waals surface area contributed by atoms with E-state index < -0.39 is 20.7 Å². The summed E-state index contributed by atoms with van der Waals surface area (Å²) in [7, 11) is -4.05. The quantitative estimate of drug-likeness (QED) is 0.600. The second-order valence-electron chi connectivity index (χ2n) is 5.72. The van der Waals surface area contributed by atoms with Gasteiger partial charge in [0.05, 0.1) is 0 Å². The zero-order chi connectivity index (χ0) is 18.9. The van der Waals surface area contributed by atoms with E-state index in [0.29, 0.717) is 10.2 Å². The molecule has 0 aliphatic rings. The summed E-state index contributed by atoms with van der Waals surface area (Å²) >= 11 is 3.18. The molecule has 3 aromatic rings. The first-order valence-corrected chi connectivity index (χ1v) is 9.92. The molecule has 0 heterocycles. The Labute approximate surface area is 159 Å². The van der Waals surface area contributed by atoms with Crippen molar-refractivity contribution in [3.8, 4) is 16.9 Å². The summed E-state index contributed by atoms with van der Waals surface area (Å²) in [5, 5.41) is 9.55. The molecule has 0 amide bonds. The van der Waals surface area contributed by atoms with Crippen molar-refractivity contribution in [3.63, 3.8) is 0 Å². The van der Waals surface area contributed by atoms with Crippen LogP contribution in [0.5, 0.6) is 5.75 Å². The fourth-order valence-corrected chi connectivity index (χ4v) is 3.97. The maximum atomic E-state index is 14.3. The summed E-state index contributed by atoms with van der Waals surface area (Å²) in [5.74, 6) is -0.642. The van der Waals surface area contributed by atoms with Gasteiger partial charge in [-0.1, -0.05) is 40.2 Å². The molecule has 7 heteroatoms. The number of nitrogens with one attached hydrogen (secondary N) is 1. The topological polar surface area (TPSA) is 66.4 Å². The van der Waals surface area contributed by atoms with Gasteiger partial charge in [0, 0.05) is 15.7 Å². The Hall–Kier alpha value is -2.38. The largest absolute Gasteiger partial charge is 0.508 e. The summed E-state index contributed by atoms with van der Waals surface area (Å²) in [6, 6.07) is 16.1. The first-order chi connectivity index (χ1) is 12.3. The maximum absolute atomic E-state index is 14.3. The molecule has 0 aliphatic heterocycles. The minimum Gasteiger partial charge on any atom is -0.508 e. The van der Waals surface area contributed by atoms with Crippen LogP contribution in [0.4, 0.5) is 10.1 Å². The highest BCUT2D eigenvalue weighted by atomic mass is 79.9. The number of halogens is 2. The van der Waals surface area contributed by atoms with E-state index in [1.54, 1.807) is 42.5 Å². The average Bonchev–Trinajstić information content (AvgIpc) is 2.60. The third kappa shape index (κ3) is 3.73. The molecule has 0 bridgehead atoms. The van der Waals surface area contributed by atoms with Crippen molar-refractivity contribution < 1.29 is 17.9 Å². The Morgan fingerprint density at radius 1 is 1.00 bits per heavy atom. The summed E-state index contributed by atoms with van der Waals surface area (Å²) in [5.41, 5.74) is 2.16. The predicted molar refractivity (Wildman–Crippen MR) is 103 cm³/mol. The maximum Gasteiger partial charge on any atom is 0.264 e. The van der Waals surface area contributed by atoms with E-state index in [1.807, 2.05) is 6.07 Å². The van der Waals surface area contributed by atoms with Gasteiger partial charge in [0.15, 0.2) is 0 Å². The number of sulfonamides is 1. The minimum atomic E-state index is -4.05. The third-order valence-electron chi connectivity index (χ3n) is 3.89. The fourth-order valence-electron chi connectivity index (χ4n) is 2.47. The standard InChI is InChI=1S/C19H15BrFNO3S/c1-12-17(20)9-10-18(19(12)21)26(24,25)22-15-7-5-13(6-8-15)14-3-2-4-16(23)11-14/h2-11,22-23H,1H3. The molecule has 0 saturated carbocycles. The number of phenols is 1. The SMILES string of the molecule is Cc1c(Br)ccc(S(=O)(=O)Nc2ccc(-c3cccc(O)c3)cc2)c1F. The van der Waals surface area contributed by atoms with Crippen LogP contribution in [-0.4, -0.2) is 13.5 Å². The van der Waals surface area contributed by atoms with Crippen molar-refractivity contribution in [2.24, 2.45) is 0 Å². The van der Waals surface area contributed by atoms with E-state index in [1.165, 1.54) is 19.1 Å². The first-order valence-electron chi connectivity index (χ1n) is 7.65. The monoisotopic (exact) mass is 435 g/mol. The highest BCUT2D eigenvalue weighted by molar-refractivity contribution is 9.10. The van der Waals surface area contributed by atoms with Gasteiger partial charge < -0.3 is 5.11 Å². The molecular weight excluding hydrogens is 421 g/mol.